The average Bonchev–Trinajstić information content (AvgIpc) is 1.87. The number of aliphatic hydroxyl groups excluding tert-OH is 1. The molecule has 1 radical (unpaired) electrons. The number of ether oxygens (including phenoxy) is 1. The van der Waals surface area contributed by atoms with Crippen molar-refractivity contribution >= 4 is 5.97 Å². The van der Waals surface area contributed by atoms with Crippen molar-refractivity contribution in [2.24, 2.45) is 0 Å². The molecule has 0 saturated heterocycles. The summed E-state index contributed by atoms with van der Waals surface area (Å²) >= 11 is 0. The lowest BCUT2D eigenvalue weighted by Gasteiger charge is -2.04. The van der Waals surface area contributed by atoms with Crippen molar-refractivity contribution in [3.63, 3.8) is 0 Å². The molecule has 0 aromatic rings. The summed E-state index contributed by atoms with van der Waals surface area (Å²) in [6, 6.07) is -1.13. The van der Waals surface area contributed by atoms with E-state index in [9.17, 15) is 4.79 Å². The van der Waals surface area contributed by atoms with Crippen LogP contribution < -0.4 is 5.73 Å². The minimum Gasteiger partial charge on any atom is -0.465 e. The molecule has 9 heavy (non-hydrogen) atoms. The second-order valence-corrected chi connectivity index (χ2v) is 1.49. The zero-order valence-corrected chi connectivity index (χ0v) is 5.26. The van der Waals surface area contributed by atoms with Crippen LogP contribution in [0, 0.1) is 0 Å². The van der Waals surface area contributed by atoms with Crippen molar-refractivity contribution in [1.29, 1.82) is 0 Å². The topological polar surface area (TPSA) is 70.3 Å². The summed E-state index contributed by atoms with van der Waals surface area (Å²) in [5, 5.41) is 8.24. The molecular weight excluding hydrogens is 122 g/mol. The third kappa shape index (κ3) is 3.05. The van der Waals surface area contributed by atoms with Crippen molar-refractivity contribution in [3.05, 3.63) is 0 Å². The molecule has 0 saturated carbocycles. The predicted molar refractivity (Wildman–Crippen MR) is 30.6 cm³/mol. The number of carbonyl (C=O) groups excluding carboxylic acids is 1. The highest BCUT2D eigenvalue weighted by atomic mass is 16.5. The first kappa shape index (κ1) is 8.39. The van der Waals surface area contributed by atoms with Gasteiger partial charge in [-0.3, -0.25) is 4.79 Å². The molecule has 0 spiro atoms. The zero-order valence-electron chi connectivity index (χ0n) is 5.26. The first-order valence-electron chi connectivity index (χ1n) is 2.71. The lowest BCUT2D eigenvalue weighted by molar-refractivity contribution is -0.145. The van der Waals surface area contributed by atoms with Gasteiger partial charge in [0.2, 0.25) is 0 Å². The van der Waals surface area contributed by atoms with E-state index in [2.05, 4.69) is 4.74 Å². The number of hydrogen-bond donors (Lipinski definition) is 1. The van der Waals surface area contributed by atoms with Gasteiger partial charge in [0, 0.05) is 0 Å². The van der Waals surface area contributed by atoms with Gasteiger partial charge in [-0.2, -0.15) is 0 Å². The van der Waals surface area contributed by atoms with Crippen molar-refractivity contribution in [2.75, 3.05) is 13.2 Å². The second-order valence-electron chi connectivity index (χ2n) is 1.49. The van der Waals surface area contributed by atoms with Gasteiger partial charge in [-0.25, -0.2) is 5.73 Å². The maximum absolute atomic E-state index is 10.4. The Labute approximate surface area is 53.6 Å². The van der Waals surface area contributed by atoms with E-state index in [1.54, 1.807) is 6.92 Å². The molecule has 53 valence electrons. The third-order valence-corrected chi connectivity index (χ3v) is 0.754. The Hall–Kier alpha value is -0.610. The van der Waals surface area contributed by atoms with Crippen LogP contribution in [0.1, 0.15) is 6.92 Å². The summed E-state index contributed by atoms with van der Waals surface area (Å²) in [7, 11) is 0. The summed E-state index contributed by atoms with van der Waals surface area (Å²) < 4.78 is 4.41. The summed E-state index contributed by atoms with van der Waals surface area (Å²) in [5.41, 5.74) is 6.81. The number of rotatable bonds is 3. The second kappa shape index (κ2) is 4.29. The Morgan fingerprint density at radius 3 is 2.78 bits per heavy atom. The molecule has 4 nitrogen and oxygen atoms in total. The molecule has 0 fully saturated rings. The van der Waals surface area contributed by atoms with Gasteiger partial charge in [0.05, 0.1) is 13.2 Å². The summed E-state index contributed by atoms with van der Waals surface area (Å²) in [4.78, 5) is 10.4. The molecule has 0 aliphatic carbocycles. The number of hydrogen-bond acceptors (Lipinski definition) is 3. The van der Waals surface area contributed by atoms with E-state index in [1.165, 1.54) is 0 Å². The highest BCUT2D eigenvalue weighted by molar-refractivity contribution is 5.75. The summed E-state index contributed by atoms with van der Waals surface area (Å²) in [5.74, 6) is -0.667. The summed E-state index contributed by atoms with van der Waals surface area (Å²) in [6.07, 6.45) is 0. The molecule has 0 aliphatic heterocycles. The average molecular weight is 132 g/mol. The lowest BCUT2D eigenvalue weighted by Crippen LogP contribution is -2.28. The fraction of sp³-hybridized carbons (Fsp3) is 0.800. The van der Waals surface area contributed by atoms with Gasteiger partial charge in [0.25, 0.3) is 0 Å². The maximum atomic E-state index is 10.4. The van der Waals surface area contributed by atoms with Crippen LogP contribution in [0.4, 0.5) is 0 Å². The van der Waals surface area contributed by atoms with Crippen LogP contribution in [0.5, 0.6) is 0 Å². The van der Waals surface area contributed by atoms with Gasteiger partial charge >= 0.3 is 5.97 Å². The van der Waals surface area contributed by atoms with E-state index in [-0.39, 0.29) is 6.61 Å². The van der Waals surface area contributed by atoms with E-state index in [0.29, 0.717) is 0 Å². The molecule has 0 rings (SSSR count). The highest BCUT2D eigenvalue weighted by Crippen LogP contribution is 1.84. The monoisotopic (exact) mass is 132 g/mol. The lowest BCUT2D eigenvalue weighted by atomic mass is 10.3. The fourth-order valence-corrected chi connectivity index (χ4v) is 0.317. The SMILES string of the molecule is CCOC(=O)C([NH])CO. The highest BCUT2D eigenvalue weighted by Gasteiger charge is 2.12. The normalized spacial score (nSPS) is 12.8. The van der Waals surface area contributed by atoms with E-state index in [1.807, 2.05) is 0 Å². The maximum Gasteiger partial charge on any atom is 0.326 e. The van der Waals surface area contributed by atoms with Crippen LogP contribution in [0.25, 0.3) is 0 Å². The minimum atomic E-state index is -1.13. The Bertz CT molecular complexity index is 94.2. The van der Waals surface area contributed by atoms with Crippen LogP contribution in [0.3, 0.4) is 0 Å². The number of carbonyl (C=O) groups is 1. The molecule has 0 heterocycles. The quantitative estimate of drug-likeness (QED) is 0.511. The van der Waals surface area contributed by atoms with Gasteiger partial charge in [-0.05, 0) is 6.92 Å². The zero-order chi connectivity index (χ0) is 7.28. The molecule has 0 aliphatic rings. The van der Waals surface area contributed by atoms with Gasteiger partial charge in [0.1, 0.15) is 6.04 Å². The molecule has 0 aromatic heterocycles. The van der Waals surface area contributed by atoms with E-state index in [0.717, 1.165) is 0 Å². The Balaban J connectivity index is 3.46. The molecule has 1 unspecified atom stereocenters. The van der Waals surface area contributed by atoms with Crippen LogP contribution in [0.15, 0.2) is 0 Å². The van der Waals surface area contributed by atoms with Crippen LogP contribution in [0.2, 0.25) is 0 Å². The van der Waals surface area contributed by atoms with Crippen LogP contribution >= 0.6 is 0 Å². The molecular formula is C5H10NO3. The molecule has 0 amide bonds. The molecule has 2 N–H and O–H groups in total. The first-order valence-corrected chi connectivity index (χ1v) is 2.71. The smallest absolute Gasteiger partial charge is 0.326 e. The van der Waals surface area contributed by atoms with E-state index >= 15 is 0 Å². The van der Waals surface area contributed by atoms with Crippen LogP contribution in [-0.4, -0.2) is 30.3 Å². The van der Waals surface area contributed by atoms with Crippen molar-refractivity contribution < 1.29 is 14.6 Å². The predicted octanol–water partition coefficient (Wildman–Crippen LogP) is -0.807. The van der Waals surface area contributed by atoms with Crippen molar-refractivity contribution in [2.45, 2.75) is 13.0 Å². The van der Waals surface area contributed by atoms with Crippen LogP contribution in [-0.2, 0) is 9.53 Å². The largest absolute Gasteiger partial charge is 0.465 e. The van der Waals surface area contributed by atoms with E-state index < -0.39 is 18.6 Å². The van der Waals surface area contributed by atoms with Gasteiger partial charge in [0.15, 0.2) is 0 Å². The Morgan fingerprint density at radius 2 is 2.44 bits per heavy atom. The molecule has 0 aromatic carbocycles. The molecule has 4 heteroatoms. The van der Waals surface area contributed by atoms with E-state index in [4.69, 9.17) is 10.8 Å². The Kier molecular flexibility index (Phi) is 4.00. The van der Waals surface area contributed by atoms with Gasteiger partial charge < -0.3 is 9.84 Å². The van der Waals surface area contributed by atoms with Gasteiger partial charge in [-0.1, -0.05) is 0 Å². The fourth-order valence-electron chi connectivity index (χ4n) is 0.317. The Morgan fingerprint density at radius 1 is 1.89 bits per heavy atom. The number of esters is 1. The standard InChI is InChI=1S/C5H10NO3/c1-2-9-5(8)4(6)3-7/h4,6-7H,2-3H2,1H3. The molecule has 1 atom stereocenters. The number of nitrogens with one attached hydrogen (secondary N) is 1. The molecule has 0 bridgehead atoms. The van der Waals surface area contributed by atoms with Crippen molar-refractivity contribution in [3.8, 4) is 0 Å². The van der Waals surface area contributed by atoms with Gasteiger partial charge in [-0.15, -0.1) is 0 Å². The summed E-state index contributed by atoms with van der Waals surface area (Å²) in [6.45, 7) is 1.44. The first-order chi connectivity index (χ1) is 4.22. The number of aliphatic hydroxyl groups is 1. The third-order valence-electron chi connectivity index (χ3n) is 0.754. The van der Waals surface area contributed by atoms with Crippen molar-refractivity contribution in [1.82, 2.24) is 5.73 Å². The minimum absolute atomic E-state index is 0.258.